The summed E-state index contributed by atoms with van der Waals surface area (Å²) in [4.78, 5) is 8.67. The number of primary sulfonamides is 1. The Morgan fingerprint density at radius 1 is 1.58 bits per heavy atom. The van der Waals surface area contributed by atoms with Gasteiger partial charge in [0, 0.05) is 6.07 Å². The van der Waals surface area contributed by atoms with Gasteiger partial charge in [-0.25, -0.2) is 17.9 Å². The molecule has 1 aromatic rings. The number of sulfonamides is 1. The molecule has 0 bridgehead atoms. The van der Waals surface area contributed by atoms with Gasteiger partial charge in [-0.3, -0.25) is 10.1 Å². The lowest BCUT2D eigenvalue weighted by Crippen LogP contribution is -2.18. The van der Waals surface area contributed by atoms with Crippen LogP contribution in [0.4, 0.5) is 10.1 Å². The Balaban J connectivity index is 3.54. The molecule has 0 aliphatic heterocycles. The number of nitrogens with zero attached hydrogens (tertiary/aromatic N) is 2. The Bertz CT molecular complexity index is 667. The van der Waals surface area contributed by atoms with Crippen LogP contribution in [0, 0.1) is 27.3 Å². The average molecular weight is 289 g/mol. The van der Waals surface area contributed by atoms with E-state index in [1.807, 2.05) is 0 Å². The number of nitro groups is 1. The lowest BCUT2D eigenvalue weighted by Gasteiger charge is -2.12. The molecule has 2 N–H and O–H groups in total. The minimum Gasteiger partial charge on any atom is -0.471 e. The summed E-state index contributed by atoms with van der Waals surface area (Å²) in [5, 5.41) is 23.9. The number of ether oxygens (including phenoxy) is 1. The van der Waals surface area contributed by atoms with E-state index in [4.69, 9.17) is 15.1 Å². The zero-order valence-corrected chi connectivity index (χ0v) is 10.3. The van der Waals surface area contributed by atoms with Crippen LogP contribution < -0.4 is 9.88 Å². The molecule has 0 heterocycles. The molecule has 1 atom stereocenters. The molecule has 0 aromatic heterocycles. The summed E-state index contributed by atoms with van der Waals surface area (Å²) in [5.41, 5.74) is -0.793. The van der Waals surface area contributed by atoms with Gasteiger partial charge >= 0.3 is 0 Å². The predicted molar refractivity (Wildman–Crippen MR) is 60.1 cm³/mol. The van der Waals surface area contributed by atoms with E-state index in [0.29, 0.717) is 12.1 Å². The summed E-state index contributed by atoms with van der Waals surface area (Å²) in [7, 11) is -4.44. The van der Waals surface area contributed by atoms with Crippen LogP contribution in [0.1, 0.15) is 6.92 Å². The van der Waals surface area contributed by atoms with Crippen molar-refractivity contribution in [3.8, 4) is 11.8 Å². The van der Waals surface area contributed by atoms with E-state index in [2.05, 4.69) is 0 Å². The number of nitro benzene ring substituents is 1. The highest BCUT2D eigenvalue weighted by atomic mass is 32.2. The van der Waals surface area contributed by atoms with Crippen LogP contribution in [-0.4, -0.2) is 19.4 Å². The maximum absolute atomic E-state index is 13.6. The molecule has 0 saturated carbocycles. The fourth-order valence-electron chi connectivity index (χ4n) is 1.19. The van der Waals surface area contributed by atoms with E-state index >= 15 is 0 Å². The topological polar surface area (TPSA) is 136 Å². The van der Waals surface area contributed by atoms with Crippen LogP contribution in [0.2, 0.25) is 0 Å². The first-order valence-corrected chi connectivity index (χ1v) is 6.28. The average Bonchev–Trinajstić information content (AvgIpc) is 2.29. The fraction of sp³-hybridized carbons (Fsp3) is 0.222. The number of hydrogen-bond donors (Lipinski definition) is 1. The smallest absolute Gasteiger partial charge is 0.274 e. The van der Waals surface area contributed by atoms with Crippen molar-refractivity contribution in [2.45, 2.75) is 17.9 Å². The highest BCUT2D eigenvalue weighted by Crippen LogP contribution is 2.31. The monoisotopic (exact) mass is 289 g/mol. The molecule has 10 heteroatoms. The quantitative estimate of drug-likeness (QED) is 0.639. The molecule has 8 nitrogen and oxygen atoms in total. The number of halogens is 1. The van der Waals surface area contributed by atoms with E-state index in [1.54, 1.807) is 6.07 Å². The summed E-state index contributed by atoms with van der Waals surface area (Å²) < 4.78 is 41.0. The van der Waals surface area contributed by atoms with Gasteiger partial charge in [0.1, 0.15) is 11.0 Å². The molecule has 0 saturated heterocycles. The molecule has 1 unspecified atom stereocenters. The molecular formula is C9H8FN3O5S. The Morgan fingerprint density at radius 2 is 2.16 bits per heavy atom. The third-order valence-electron chi connectivity index (χ3n) is 1.99. The molecule has 0 radical (unpaired) electrons. The lowest BCUT2D eigenvalue weighted by atomic mass is 10.3. The number of rotatable bonds is 4. The minimum atomic E-state index is -4.44. The molecule has 0 fully saturated rings. The van der Waals surface area contributed by atoms with Gasteiger partial charge in [-0.15, -0.1) is 0 Å². The van der Waals surface area contributed by atoms with E-state index in [1.165, 1.54) is 6.92 Å². The van der Waals surface area contributed by atoms with Crippen LogP contribution >= 0.6 is 0 Å². The molecule has 0 amide bonds. The second-order valence-corrected chi connectivity index (χ2v) is 4.98. The minimum absolute atomic E-state index is 0.480. The summed E-state index contributed by atoms with van der Waals surface area (Å²) >= 11 is 0. The molecule has 0 aliphatic carbocycles. The van der Waals surface area contributed by atoms with Crippen molar-refractivity contribution >= 4 is 15.7 Å². The fourth-order valence-corrected chi connectivity index (χ4v) is 1.88. The van der Waals surface area contributed by atoms with Crippen LogP contribution in [-0.2, 0) is 10.0 Å². The number of hydrogen-bond acceptors (Lipinski definition) is 6. The van der Waals surface area contributed by atoms with Gasteiger partial charge in [0.2, 0.25) is 10.0 Å². The first-order valence-electron chi connectivity index (χ1n) is 4.74. The van der Waals surface area contributed by atoms with Gasteiger partial charge in [-0.1, -0.05) is 0 Å². The normalized spacial score (nSPS) is 12.5. The highest BCUT2D eigenvalue weighted by molar-refractivity contribution is 7.89. The van der Waals surface area contributed by atoms with Crippen LogP contribution in [0.15, 0.2) is 17.0 Å². The largest absolute Gasteiger partial charge is 0.471 e. The number of benzene rings is 1. The zero-order chi connectivity index (χ0) is 14.8. The second-order valence-electron chi connectivity index (χ2n) is 3.45. The first-order chi connectivity index (χ1) is 8.66. The molecule has 0 aliphatic rings. The Hall–Kier alpha value is -2.25. The zero-order valence-electron chi connectivity index (χ0n) is 9.53. The van der Waals surface area contributed by atoms with E-state index in [9.17, 15) is 22.9 Å². The third-order valence-corrected chi connectivity index (χ3v) is 2.90. The SMILES string of the molecule is CC(C#N)Oc1c(F)cc([N+](=O)[O-])cc1S(N)(=O)=O. The molecule has 0 spiro atoms. The Morgan fingerprint density at radius 3 is 2.58 bits per heavy atom. The molecular weight excluding hydrogens is 281 g/mol. The van der Waals surface area contributed by atoms with Gasteiger partial charge < -0.3 is 4.74 Å². The predicted octanol–water partition coefficient (Wildman–Crippen LogP) is 0.672. The molecule has 102 valence electrons. The van der Waals surface area contributed by atoms with Gasteiger partial charge in [0.05, 0.1) is 11.0 Å². The Kier molecular flexibility index (Phi) is 4.03. The van der Waals surface area contributed by atoms with Gasteiger partial charge in [0.25, 0.3) is 5.69 Å². The van der Waals surface area contributed by atoms with E-state index < -0.39 is 43.2 Å². The van der Waals surface area contributed by atoms with Crippen molar-refractivity contribution in [1.82, 2.24) is 0 Å². The molecule has 1 rings (SSSR count). The number of non-ortho nitro benzene ring substituents is 1. The van der Waals surface area contributed by atoms with Gasteiger partial charge in [-0.2, -0.15) is 5.26 Å². The molecule has 1 aromatic carbocycles. The Labute approximate surface area is 107 Å². The van der Waals surface area contributed by atoms with Gasteiger partial charge in [-0.05, 0) is 6.92 Å². The van der Waals surface area contributed by atoms with Crippen molar-refractivity contribution < 1.29 is 22.5 Å². The number of nitriles is 1. The van der Waals surface area contributed by atoms with Crippen LogP contribution in [0.5, 0.6) is 5.75 Å². The van der Waals surface area contributed by atoms with E-state index in [-0.39, 0.29) is 0 Å². The van der Waals surface area contributed by atoms with Crippen molar-refractivity contribution in [3.05, 3.63) is 28.1 Å². The van der Waals surface area contributed by atoms with Gasteiger partial charge in [0.15, 0.2) is 17.7 Å². The van der Waals surface area contributed by atoms with Crippen LogP contribution in [0.25, 0.3) is 0 Å². The summed E-state index contributed by atoms with van der Waals surface area (Å²) in [6.45, 7) is 1.24. The first kappa shape index (κ1) is 14.8. The van der Waals surface area contributed by atoms with Crippen molar-refractivity contribution in [3.63, 3.8) is 0 Å². The van der Waals surface area contributed by atoms with Crippen molar-refractivity contribution in [2.24, 2.45) is 5.14 Å². The maximum atomic E-state index is 13.6. The lowest BCUT2D eigenvalue weighted by molar-refractivity contribution is -0.385. The summed E-state index contributed by atoms with van der Waals surface area (Å²) in [6, 6.07) is 2.65. The summed E-state index contributed by atoms with van der Waals surface area (Å²) in [5.74, 6) is -2.11. The second kappa shape index (κ2) is 5.17. The molecule has 19 heavy (non-hydrogen) atoms. The standard InChI is InChI=1S/C9H8FN3O5S/c1-5(4-11)18-9-7(10)2-6(13(14)15)3-8(9)19(12,16)17/h2-3,5H,1H3,(H2,12,16,17). The van der Waals surface area contributed by atoms with E-state index in [0.717, 1.165) is 0 Å². The maximum Gasteiger partial charge on any atom is 0.274 e. The van der Waals surface area contributed by atoms with Crippen molar-refractivity contribution in [1.29, 1.82) is 5.26 Å². The third kappa shape index (κ3) is 3.36. The highest BCUT2D eigenvalue weighted by Gasteiger charge is 2.25. The number of nitrogens with two attached hydrogens (primary N) is 1. The van der Waals surface area contributed by atoms with Crippen LogP contribution in [0.3, 0.4) is 0 Å². The summed E-state index contributed by atoms with van der Waals surface area (Å²) in [6.07, 6.45) is -1.16. The van der Waals surface area contributed by atoms with Crippen molar-refractivity contribution in [2.75, 3.05) is 0 Å².